The molecule has 7 heteroatoms. The lowest BCUT2D eigenvalue weighted by molar-refractivity contribution is -0.130. The van der Waals surface area contributed by atoms with Crippen LogP contribution in [0.2, 0.25) is 0 Å². The highest BCUT2D eigenvalue weighted by atomic mass is 32.2. The Labute approximate surface area is 183 Å². The molecule has 1 aliphatic heterocycles. The topological polar surface area (TPSA) is 75.7 Å². The summed E-state index contributed by atoms with van der Waals surface area (Å²) in [6, 6.07) is 7.54. The highest BCUT2D eigenvalue weighted by Gasteiger charge is 2.31. The number of ether oxygens (including phenoxy) is 1. The van der Waals surface area contributed by atoms with Crippen molar-refractivity contribution in [2.24, 2.45) is 5.92 Å². The van der Waals surface area contributed by atoms with Gasteiger partial charge in [-0.2, -0.15) is 0 Å². The molecule has 1 atom stereocenters. The zero-order chi connectivity index (χ0) is 21.3. The Kier molecular flexibility index (Phi) is 8.61. The van der Waals surface area contributed by atoms with E-state index in [1.54, 1.807) is 4.90 Å². The van der Waals surface area contributed by atoms with E-state index in [0.717, 1.165) is 41.8 Å². The Hall–Kier alpha value is -2.02. The Morgan fingerprint density at radius 2 is 1.90 bits per heavy atom. The molecule has 1 aromatic carbocycles. The van der Waals surface area contributed by atoms with Gasteiger partial charge in [0.1, 0.15) is 12.4 Å². The number of nitrogens with zero attached hydrogens (tertiary/aromatic N) is 1. The summed E-state index contributed by atoms with van der Waals surface area (Å²) in [5.74, 6) is 1.59. The number of nitrogens with one attached hydrogen (secondary N) is 1. The second-order valence-electron chi connectivity index (χ2n) is 8.29. The molecule has 0 radical (unpaired) electrons. The predicted molar refractivity (Wildman–Crippen MR) is 119 cm³/mol. The van der Waals surface area contributed by atoms with Crippen LogP contribution in [0.15, 0.2) is 24.3 Å². The van der Waals surface area contributed by atoms with Crippen molar-refractivity contribution < 1.29 is 19.1 Å². The normalized spacial score (nSPS) is 19.2. The predicted octanol–water partition coefficient (Wildman–Crippen LogP) is 4.17. The molecule has 0 bridgehead atoms. The van der Waals surface area contributed by atoms with E-state index in [-0.39, 0.29) is 22.3 Å². The van der Waals surface area contributed by atoms with Gasteiger partial charge in [-0.15, -0.1) is 0 Å². The van der Waals surface area contributed by atoms with Gasteiger partial charge in [0.25, 0.3) is 5.24 Å². The molecule has 30 heavy (non-hydrogen) atoms. The van der Waals surface area contributed by atoms with Crippen molar-refractivity contribution in [3.63, 3.8) is 0 Å². The third-order valence-electron chi connectivity index (χ3n) is 5.96. The maximum absolute atomic E-state index is 12.3. The standard InChI is InChI=1S/C23H32N2O4S/c1-25(21(26)9-5-4-8-17-6-2-3-7-17)14-15-29-19-12-10-18(11-13-19)16-20-22(27)24-23(28)30-20/h10-13,17,20H,2-9,14-16H2,1H3,(H,24,27,28). The lowest BCUT2D eigenvalue weighted by Gasteiger charge is -2.18. The zero-order valence-corrected chi connectivity index (χ0v) is 18.5. The fraction of sp³-hybridized carbons (Fsp3) is 0.609. The Balaban J connectivity index is 1.29. The Bertz CT molecular complexity index is 731. The summed E-state index contributed by atoms with van der Waals surface area (Å²) in [5.41, 5.74) is 0.981. The van der Waals surface area contributed by atoms with E-state index in [2.05, 4.69) is 5.32 Å². The average Bonchev–Trinajstić information content (AvgIpc) is 3.35. The number of likely N-dealkylation sites (N-methyl/N-ethyl adjacent to an activating group) is 1. The molecule has 3 rings (SSSR count). The summed E-state index contributed by atoms with van der Waals surface area (Å²) in [4.78, 5) is 36.9. The summed E-state index contributed by atoms with van der Waals surface area (Å²) in [5, 5.41) is 1.66. The van der Waals surface area contributed by atoms with Gasteiger partial charge < -0.3 is 9.64 Å². The molecule has 0 aromatic heterocycles. The molecule has 1 heterocycles. The summed E-state index contributed by atoms with van der Waals surface area (Å²) in [6.45, 7) is 1.00. The van der Waals surface area contributed by atoms with Gasteiger partial charge >= 0.3 is 0 Å². The van der Waals surface area contributed by atoms with Crippen LogP contribution in [0.3, 0.4) is 0 Å². The summed E-state index contributed by atoms with van der Waals surface area (Å²) >= 11 is 1.04. The molecule has 3 amide bonds. The number of carbonyl (C=O) groups is 3. The van der Waals surface area contributed by atoms with Gasteiger partial charge in [-0.1, -0.05) is 62.4 Å². The lowest BCUT2D eigenvalue weighted by Crippen LogP contribution is -2.30. The van der Waals surface area contributed by atoms with Crippen LogP contribution in [-0.2, 0) is 16.0 Å². The van der Waals surface area contributed by atoms with E-state index in [0.29, 0.717) is 26.0 Å². The molecule has 1 unspecified atom stereocenters. The SMILES string of the molecule is CN(CCOc1ccc(CC2SC(=O)NC2=O)cc1)C(=O)CCCCC1CCCC1. The van der Waals surface area contributed by atoms with Gasteiger partial charge in [0, 0.05) is 13.5 Å². The number of thioether (sulfide) groups is 1. The van der Waals surface area contributed by atoms with Crippen molar-refractivity contribution in [2.45, 2.75) is 63.0 Å². The van der Waals surface area contributed by atoms with Gasteiger partial charge in [0.15, 0.2) is 0 Å². The van der Waals surface area contributed by atoms with Gasteiger partial charge in [-0.05, 0) is 36.5 Å². The van der Waals surface area contributed by atoms with Crippen molar-refractivity contribution >= 4 is 28.8 Å². The maximum atomic E-state index is 12.3. The number of unbranched alkanes of at least 4 members (excludes halogenated alkanes) is 1. The van der Waals surface area contributed by atoms with Crippen molar-refractivity contribution in [3.8, 4) is 5.75 Å². The van der Waals surface area contributed by atoms with Crippen molar-refractivity contribution in [1.29, 1.82) is 0 Å². The first-order valence-corrected chi connectivity index (χ1v) is 11.9. The van der Waals surface area contributed by atoms with Crippen molar-refractivity contribution in [3.05, 3.63) is 29.8 Å². The highest BCUT2D eigenvalue weighted by molar-refractivity contribution is 8.15. The maximum Gasteiger partial charge on any atom is 0.286 e. The summed E-state index contributed by atoms with van der Waals surface area (Å²) in [7, 11) is 1.83. The fourth-order valence-electron chi connectivity index (χ4n) is 4.09. The first-order valence-electron chi connectivity index (χ1n) is 11.0. The van der Waals surface area contributed by atoms with Crippen molar-refractivity contribution in [1.82, 2.24) is 10.2 Å². The second-order valence-corrected chi connectivity index (χ2v) is 9.47. The van der Waals surface area contributed by atoms with Crippen LogP contribution in [0.25, 0.3) is 0 Å². The molecular weight excluding hydrogens is 400 g/mol. The lowest BCUT2D eigenvalue weighted by atomic mass is 10.00. The van der Waals surface area contributed by atoms with Crippen LogP contribution in [0.1, 0.15) is 56.9 Å². The molecule has 1 aliphatic carbocycles. The highest BCUT2D eigenvalue weighted by Crippen LogP contribution is 2.29. The van der Waals surface area contributed by atoms with E-state index < -0.39 is 0 Å². The van der Waals surface area contributed by atoms with Crippen LogP contribution in [0.4, 0.5) is 4.79 Å². The molecule has 1 aromatic rings. The molecule has 2 aliphatic rings. The number of benzene rings is 1. The van der Waals surface area contributed by atoms with Gasteiger partial charge in [0.05, 0.1) is 11.8 Å². The van der Waals surface area contributed by atoms with Crippen LogP contribution >= 0.6 is 11.8 Å². The smallest absolute Gasteiger partial charge is 0.286 e. The minimum Gasteiger partial charge on any atom is -0.492 e. The van der Waals surface area contributed by atoms with Gasteiger partial charge in [0.2, 0.25) is 11.8 Å². The monoisotopic (exact) mass is 432 g/mol. The van der Waals surface area contributed by atoms with Crippen LogP contribution in [0, 0.1) is 5.92 Å². The van der Waals surface area contributed by atoms with E-state index in [9.17, 15) is 14.4 Å². The molecule has 1 N–H and O–H groups in total. The van der Waals surface area contributed by atoms with E-state index in [1.807, 2.05) is 31.3 Å². The quantitative estimate of drug-likeness (QED) is 0.531. The Morgan fingerprint density at radius 1 is 1.17 bits per heavy atom. The van der Waals surface area contributed by atoms with E-state index in [1.165, 1.54) is 32.1 Å². The number of hydrogen-bond donors (Lipinski definition) is 1. The number of amides is 3. The van der Waals surface area contributed by atoms with Gasteiger partial charge in [-0.25, -0.2) is 0 Å². The number of imide groups is 1. The van der Waals surface area contributed by atoms with Crippen LogP contribution < -0.4 is 10.1 Å². The summed E-state index contributed by atoms with van der Waals surface area (Å²) in [6.07, 6.45) is 10.1. The summed E-state index contributed by atoms with van der Waals surface area (Å²) < 4.78 is 5.75. The van der Waals surface area contributed by atoms with Crippen molar-refractivity contribution in [2.75, 3.05) is 20.2 Å². The Morgan fingerprint density at radius 3 is 2.57 bits per heavy atom. The van der Waals surface area contributed by atoms with E-state index in [4.69, 9.17) is 4.74 Å². The van der Waals surface area contributed by atoms with Crippen LogP contribution in [0.5, 0.6) is 5.75 Å². The van der Waals surface area contributed by atoms with E-state index >= 15 is 0 Å². The third kappa shape index (κ3) is 7.04. The minimum absolute atomic E-state index is 0.183. The largest absolute Gasteiger partial charge is 0.492 e. The molecular formula is C23H32N2O4S. The fourth-order valence-corrected chi connectivity index (χ4v) is 4.95. The number of carbonyl (C=O) groups excluding carboxylic acids is 3. The number of hydrogen-bond acceptors (Lipinski definition) is 5. The van der Waals surface area contributed by atoms with Crippen LogP contribution in [-0.4, -0.2) is 47.4 Å². The third-order valence-corrected chi connectivity index (χ3v) is 6.94. The first-order chi connectivity index (χ1) is 14.5. The van der Waals surface area contributed by atoms with Gasteiger partial charge in [-0.3, -0.25) is 19.7 Å². The molecule has 0 spiro atoms. The molecule has 1 saturated heterocycles. The molecule has 164 valence electrons. The second kappa shape index (κ2) is 11.4. The zero-order valence-electron chi connectivity index (χ0n) is 17.7. The molecule has 2 fully saturated rings. The first kappa shape index (κ1) is 22.7. The molecule has 1 saturated carbocycles. The number of rotatable bonds is 11. The average molecular weight is 433 g/mol. The minimum atomic E-state index is -0.359. The molecule has 6 nitrogen and oxygen atoms in total.